The lowest BCUT2D eigenvalue weighted by Crippen LogP contribution is -2.40. The van der Waals surface area contributed by atoms with Gasteiger partial charge in [-0.15, -0.1) is 0 Å². The van der Waals surface area contributed by atoms with Gasteiger partial charge >= 0.3 is 0 Å². The molecule has 31 heavy (non-hydrogen) atoms. The summed E-state index contributed by atoms with van der Waals surface area (Å²) < 4.78 is 32.2. The van der Waals surface area contributed by atoms with E-state index in [1.807, 2.05) is 18.2 Å². The molecule has 0 spiro atoms. The highest BCUT2D eigenvalue weighted by Gasteiger charge is 2.26. The fourth-order valence-corrected chi connectivity index (χ4v) is 5.46. The molecule has 0 atom stereocenters. The fraction of sp³-hybridized carbons (Fsp3) is 0.391. The lowest BCUT2D eigenvalue weighted by molar-refractivity contribution is -0.116. The predicted molar refractivity (Wildman–Crippen MR) is 117 cm³/mol. The van der Waals surface area contributed by atoms with Crippen molar-refractivity contribution in [3.05, 3.63) is 59.2 Å². The van der Waals surface area contributed by atoms with Crippen LogP contribution in [0.25, 0.3) is 0 Å². The quantitative estimate of drug-likeness (QED) is 0.666. The van der Waals surface area contributed by atoms with Gasteiger partial charge in [-0.1, -0.05) is 18.2 Å². The Balaban J connectivity index is 1.35. The van der Waals surface area contributed by atoms with Gasteiger partial charge in [-0.05, 0) is 54.7 Å². The molecule has 1 fully saturated rings. The second-order valence-corrected chi connectivity index (χ2v) is 9.79. The summed E-state index contributed by atoms with van der Waals surface area (Å²) in [7, 11) is -3.64. The maximum absolute atomic E-state index is 12.8. The number of sulfonamides is 1. The molecule has 2 aromatic rings. The van der Waals surface area contributed by atoms with E-state index in [0.29, 0.717) is 37.6 Å². The number of nitrogens with zero attached hydrogens (tertiary/aromatic N) is 1. The van der Waals surface area contributed by atoms with Crippen molar-refractivity contribution in [1.82, 2.24) is 4.31 Å². The fourth-order valence-electron chi connectivity index (χ4n) is 4.01. The maximum atomic E-state index is 12.8. The number of hydrogen-bond acceptors (Lipinski definition) is 5. The summed E-state index contributed by atoms with van der Waals surface area (Å²) in [5.41, 5.74) is 3.58. The Morgan fingerprint density at radius 1 is 0.968 bits per heavy atom. The van der Waals surface area contributed by atoms with Gasteiger partial charge in [0.25, 0.3) is 0 Å². The first-order valence-corrected chi connectivity index (χ1v) is 12.0. The molecule has 2 aromatic carbocycles. The zero-order chi connectivity index (χ0) is 21.8. The number of morpholine rings is 1. The van der Waals surface area contributed by atoms with E-state index in [9.17, 15) is 18.0 Å². The van der Waals surface area contributed by atoms with Gasteiger partial charge in [0.2, 0.25) is 15.9 Å². The summed E-state index contributed by atoms with van der Waals surface area (Å²) in [6.45, 7) is 1.36. The van der Waals surface area contributed by atoms with Gasteiger partial charge in [-0.3, -0.25) is 9.59 Å². The van der Waals surface area contributed by atoms with Crippen molar-refractivity contribution >= 4 is 27.4 Å². The van der Waals surface area contributed by atoms with E-state index in [1.54, 1.807) is 12.1 Å². The summed E-state index contributed by atoms with van der Waals surface area (Å²) in [6.07, 6.45) is 3.33. The van der Waals surface area contributed by atoms with E-state index < -0.39 is 10.0 Å². The molecule has 1 saturated heterocycles. The third kappa shape index (κ3) is 5.03. The zero-order valence-corrected chi connectivity index (χ0v) is 18.1. The molecule has 0 radical (unpaired) electrons. The molecule has 0 aromatic heterocycles. The van der Waals surface area contributed by atoms with Crippen LogP contribution in [-0.4, -0.2) is 50.7 Å². The highest BCUT2D eigenvalue weighted by molar-refractivity contribution is 7.89. The standard InChI is InChI=1S/C23H26N2O5S/c26-22(19-8-7-17-3-1-4-18(17)15-19)9-10-23(27)24-20-5-2-6-21(16-20)31(28,29)25-11-13-30-14-12-25/h2,5-8,15-16H,1,3-4,9-14H2,(H,24,27). The summed E-state index contributed by atoms with van der Waals surface area (Å²) >= 11 is 0. The first-order valence-electron chi connectivity index (χ1n) is 10.6. The molecule has 164 valence electrons. The van der Waals surface area contributed by atoms with Gasteiger partial charge in [0.1, 0.15) is 0 Å². The number of hydrogen-bond donors (Lipinski definition) is 1. The second-order valence-electron chi connectivity index (χ2n) is 7.85. The number of carbonyl (C=O) groups is 2. The van der Waals surface area contributed by atoms with Gasteiger partial charge in [0, 0.05) is 37.2 Å². The van der Waals surface area contributed by atoms with E-state index >= 15 is 0 Å². The van der Waals surface area contributed by atoms with Crippen molar-refractivity contribution in [2.24, 2.45) is 0 Å². The molecule has 1 aliphatic carbocycles. The minimum Gasteiger partial charge on any atom is -0.379 e. The number of ketones is 1. The summed E-state index contributed by atoms with van der Waals surface area (Å²) in [6, 6.07) is 12.0. The number of nitrogens with one attached hydrogen (secondary N) is 1. The van der Waals surface area contributed by atoms with Gasteiger partial charge < -0.3 is 10.1 Å². The van der Waals surface area contributed by atoms with Crippen LogP contribution in [-0.2, 0) is 32.4 Å². The highest BCUT2D eigenvalue weighted by atomic mass is 32.2. The Hall–Kier alpha value is -2.55. The molecular formula is C23H26N2O5S. The number of aryl methyl sites for hydroxylation is 2. The largest absolute Gasteiger partial charge is 0.379 e. The molecule has 1 aliphatic heterocycles. The van der Waals surface area contributed by atoms with Gasteiger partial charge in [-0.25, -0.2) is 8.42 Å². The van der Waals surface area contributed by atoms with Crippen molar-refractivity contribution in [2.75, 3.05) is 31.6 Å². The van der Waals surface area contributed by atoms with Crippen LogP contribution < -0.4 is 5.32 Å². The normalized spacial score (nSPS) is 16.6. The highest BCUT2D eigenvalue weighted by Crippen LogP contribution is 2.24. The summed E-state index contributed by atoms with van der Waals surface area (Å²) in [5.74, 6) is -0.385. The topological polar surface area (TPSA) is 92.8 Å². The van der Waals surface area contributed by atoms with E-state index in [1.165, 1.54) is 27.6 Å². The van der Waals surface area contributed by atoms with Crippen LogP contribution in [0.2, 0.25) is 0 Å². The summed E-state index contributed by atoms with van der Waals surface area (Å²) in [5, 5.41) is 2.71. The first-order chi connectivity index (χ1) is 14.9. The molecule has 7 nitrogen and oxygen atoms in total. The molecule has 1 N–H and O–H groups in total. The third-order valence-corrected chi connectivity index (χ3v) is 7.62. The van der Waals surface area contributed by atoms with Crippen LogP contribution in [0.15, 0.2) is 47.4 Å². The average Bonchev–Trinajstić information content (AvgIpc) is 3.26. The first kappa shape index (κ1) is 21.7. The van der Waals surface area contributed by atoms with Gasteiger partial charge in [-0.2, -0.15) is 4.31 Å². The number of rotatable bonds is 7. The number of ether oxygens (including phenoxy) is 1. The Bertz CT molecular complexity index is 1090. The van der Waals surface area contributed by atoms with E-state index in [0.717, 1.165) is 19.3 Å². The Labute approximate surface area is 182 Å². The van der Waals surface area contributed by atoms with E-state index in [-0.39, 0.29) is 29.4 Å². The zero-order valence-electron chi connectivity index (χ0n) is 17.3. The molecule has 0 bridgehead atoms. The van der Waals surface area contributed by atoms with Crippen LogP contribution in [0, 0.1) is 0 Å². The van der Waals surface area contributed by atoms with Crippen LogP contribution in [0.3, 0.4) is 0 Å². The van der Waals surface area contributed by atoms with Crippen LogP contribution in [0.1, 0.15) is 40.7 Å². The van der Waals surface area contributed by atoms with E-state index in [2.05, 4.69) is 5.32 Å². The minimum absolute atomic E-state index is 0.0381. The van der Waals surface area contributed by atoms with Crippen LogP contribution >= 0.6 is 0 Å². The molecule has 4 rings (SSSR count). The lowest BCUT2D eigenvalue weighted by atomic mass is 10.0. The third-order valence-electron chi connectivity index (χ3n) is 5.73. The maximum Gasteiger partial charge on any atom is 0.243 e. The van der Waals surface area contributed by atoms with Crippen LogP contribution in [0.5, 0.6) is 0 Å². The molecule has 1 heterocycles. The molecule has 1 amide bonds. The van der Waals surface area contributed by atoms with Crippen molar-refractivity contribution in [3.63, 3.8) is 0 Å². The number of anilines is 1. The van der Waals surface area contributed by atoms with Gasteiger partial charge in [0.15, 0.2) is 5.78 Å². The Morgan fingerprint density at radius 2 is 1.74 bits per heavy atom. The molecule has 2 aliphatic rings. The molecule has 0 unspecified atom stereocenters. The number of fused-ring (bicyclic) bond motifs is 1. The van der Waals surface area contributed by atoms with Crippen LogP contribution in [0.4, 0.5) is 5.69 Å². The van der Waals surface area contributed by atoms with Crippen molar-refractivity contribution in [3.8, 4) is 0 Å². The number of Topliss-reactive ketones (excluding diaryl/α,β-unsaturated/α-hetero) is 1. The minimum atomic E-state index is -3.64. The van der Waals surface area contributed by atoms with Gasteiger partial charge in [0.05, 0.1) is 18.1 Å². The average molecular weight is 443 g/mol. The van der Waals surface area contributed by atoms with Crippen molar-refractivity contribution in [1.29, 1.82) is 0 Å². The molecule has 0 saturated carbocycles. The molecule has 8 heteroatoms. The Kier molecular flexibility index (Phi) is 6.50. The monoisotopic (exact) mass is 442 g/mol. The predicted octanol–water partition coefficient (Wildman–Crippen LogP) is 2.80. The lowest BCUT2D eigenvalue weighted by Gasteiger charge is -2.26. The second kappa shape index (κ2) is 9.30. The number of amides is 1. The Morgan fingerprint density at radius 3 is 2.55 bits per heavy atom. The smallest absolute Gasteiger partial charge is 0.243 e. The van der Waals surface area contributed by atoms with Crippen molar-refractivity contribution in [2.45, 2.75) is 37.0 Å². The van der Waals surface area contributed by atoms with Crippen molar-refractivity contribution < 1.29 is 22.7 Å². The number of benzene rings is 2. The number of carbonyl (C=O) groups excluding carboxylic acids is 2. The van der Waals surface area contributed by atoms with E-state index in [4.69, 9.17) is 4.74 Å². The molecular weight excluding hydrogens is 416 g/mol. The summed E-state index contributed by atoms with van der Waals surface area (Å²) in [4.78, 5) is 25.0. The SMILES string of the molecule is O=C(CCC(=O)c1ccc2c(c1)CCC2)Nc1cccc(S(=O)(=O)N2CCOCC2)c1.